The van der Waals surface area contributed by atoms with Crippen molar-refractivity contribution in [2.75, 3.05) is 0 Å². The molecule has 0 fully saturated rings. The monoisotopic (exact) mass is 447 g/mol. The fourth-order valence-corrected chi connectivity index (χ4v) is 4.96. The number of aryl methyl sites for hydroxylation is 2. The molecule has 0 aromatic carbocycles. The second kappa shape index (κ2) is 22.0. The van der Waals surface area contributed by atoms with Crippen LogP contribution in [0.3, 0.4) is 0 Å². The fraction of sp³-hybridized carbons (Fsp3) is 0.900. The third-order valence-electron chi connectivity index (χ3n) is 7.07. The largest absolute Gasteiger partial charge is 0.256 e. The summed E-state index contributed by atoms with van der Waals surface area (Å²) in [6.07, 6.45) is 35.6. The van der Waals surface area contributed by atoms with Crippen molar-refractivity contribution in [3.8, 4) is 0 Å². The van der Waals surface area contributed by atoms with Crippen molar-refractivity contribution in [2.45, 2.75) is 175 Å². The number of imidazole rings is 1. The molecule has 1 heterocycles. The molecule has 0 saturated carbocycles. The molecule has 0 N–H and O–H groups in total. The van der Waals surface area contributed by atoms with Gasteiger partial charge in [-0.1, -0.05) is 124 Å². The van der Waals surface area contributed by atoms with Gasteiger partial charge in [0.25, 0.3) is 5.82 Å². The lowest BCUT2D eigenvalue weighted by Gasteiger charge is -2.06. The van der Waals surface area contributed by atoms with Crippen molar-refractivity contribution in [2.24, 2.45) is 0 Å². The lowest BCUT2D eigenvalue weighted by molar-refractivity contribution is -0.704. The Morgan fingerprint density at radius 2 is 0.969 bits per heavy atom. The number of hydrogen-bond acceptors (Lipinski definition) is 0. The summed E-state index contributed by atoms with van der Waals surface area (Å²) in [5.41, 5.74) is 0. The van der Waals surface area contributed by atoms with Crippen molar-refractivity contribution in [1.82, 2.24) is 4.57 Å². The van der Waals surface area contributed by atoms with E-state index in [9.17, 15) is 0 Å². The van der Waals surface area contributed by atoms with Gasteiger partial charge in [-0.05, 0) is 32.1 Å². The fourth-order valence-electron chi connectivity index (χ4n) is 4.96. The predicted octanol–water partition coefficient (Wildman–Crippen LogP) is 9.57. The number of aromatic nitrogens is 2. The second-order valence-corrected chi connectivity index (χ2v) is 10.2. The van der Waals surface area contributed by atoms with Gasteiger partial charge in [0, 0.05) is 6.42 Å². The van der Waals surface area contributed by atoms with Crippen LogP contribution in [0.5, 0.6) is 0 Å². The first-order valence-electron chi connectivity index (χ1n) is 14.9. The Balaban J connectivity index is 2.12. The van der Waals surface area contributed by atoms with Gasteiger partial charge in [0.15, 0.2) is 0 Å². The molecule has 1 aromatic rings. The summed E-state index contributed by atoms with van der Waals surface area (Å²) in [6.45, 7) is 9.36. The third-order valence-corrected chi connectivity index (χ3v) is 7.07. The maximum absolute atomic E-state index is 2.56. The van der Waals surface area contributed by atoms with E-state index in [0.717, 1.165) is 0 Å². The summed E-state index contributed by atoms with van der Waals surface area (Å²) in [7, 11) is 0. The van der Waals surface area contributed by atoms with Crippen LogP contribution in [-0.4, -0.2) is 4.57 Å². The van der Waals surface area contributed by atoms with Crippen LogP contribution >= 0.6 is 0 Å². The topological polar surface area (TPSA) is 8.81 Å². The van der Waals surface area contributed by atoms with Crippen molar-refractivity contribution < 1.29 is 4.57 Å². The lowest BCUT2D eigenvalue weighted by atomic mass is 10.1. The van der Waals surface area contributed by atoms with Crippen LogP contribution in [-0.2, 0) is 19.5 Å². The highest BCUT2D eigenvalue weighted by atomic mass is 15.1. The van der Waals surface area contributed by atoms with Crippen LogP contribution in [0.4, 0.5) is 0 Å². The van der Waals surface area contributed by atoms with E-state index in [1.807, 2.05) is 0 Å². The van der Waals surface area contributed by atoms with E-state index in [-0.39, 0.29) is 0 Å². The zero-order valence-corrected chi connectivity index (χ0v) is 22.5. The van der Waals surface area contributed by atoms with Gasteiger partial charge in [0.2, 0.25) is 0 Å². The molecular formula is C30H59N2+. The molecule has 0 radical (unpaired) electrons. The van der Waals surface area contributed by atoms with E-state index in [1.165, 1.54) is 154 Å². The van der Waals surface area contributed by atoms with Gasteiger partial charge in [-0.25, -0.2) is 9.13 Å². The quantitative estimate of drug-likeness (QED) is 0.110. The van der Waals surface area contributed by atoms with Crippen LogP contribution < -0.4 is 4.57 Å². The van der Waals surface area contributed by atoms with Gasteiger partial charge in [0.1, 0.15) is 12.4 Å². The molecule has 0 amide bonds. The summed E-state index contributed by atoms with van der Waals surface area (Å²) < 4.78 is 5.12. The van der Waals surface area contributed by atoms with E-state index in [4.69, 9.17) is 0 Å². The van der Waals surface area contributed by atoms with Gasteiger partial charge in [-0.15, -0.1) is 0 Å². The van der Waals surface area contributed by atoms with Gasteiger partial charge in [-0.3, -0.25) is 0 Å². The Morgan fingerprint density at radius 3 is 1.44 bits per heavy atom. The van der Waals surface area contributed by atoms with Crippen LogP contribution in [0.1, 0.15) is 161 Å². The highest BCUT2D eigenvalue weighted by Gasteiger charge is 2.15. The Labute approximate surface area is 202 Å². The molecular weight excluding hydrogens is 388 g/mol. The van der Waals surface area contributed by atoms with E-state index in [0.29, 0.717) is 0 Å². The maximum atomic E-state index is 2.56. The van der Waals surface area contributed by atoms with E-state index in [2.05, 4.69) is 42.3 Å². The molecule has 0 unspecified atom stereocenters. The Hall–Kier alpha value is -0.790. The van der Waals surface area contributed by atoms with Crippen molar-refractivity contribution in [3.63, 3.8) is 0 Å². The van der Waals surface area contributed by atoms with Gasteiger partial charge in [0.05, 0.1) is 13.1 Å². The lowest BCUT2D eigenvalue weighted by Crippen LogP contribution is -2.37. The Kier molecular flexibility index (Phi) is 20.1. The van der Waals surface area contributed by atoms with Crippen LogP contribution in [0.15, 0.2) is 12.4 Å². The highest BCUT2D eigenvalue weighted by molar-refractivity contribution is 4.84. The minimum atomic E-state index is 1.22. The summed E-state index contributed by atoms with van der Waals surface area (Å²) >= 11 is 0. The summed E-state index contributed by atoms with van der Waals surface area (Å²) in [6, 6.07) is 0. The molecule has 2 heteroatoms. The normalized spacial score (nSPS) is 11.5. The predicted molar refractivity (Wildman–Crippen MR) is 142 cm³/mol. The second-order valence-electron chi connectivity index (χ2n) is 10.2. The molecule has 0 aliphatic heterocycles. The van der Waals surface area contributed by atoms with Crippen LogP contribution in [0.25, 0.3) is 0 Å². The number of nitrogens with zero attached hydrogens (tertiary/aromatic N) is 2. The standard InChI is InChI=1S/C30H59N2/c1-4-7-9-11-13-15-16-18-20-22-24-27-32-29-28-31(30(32)25-6-3)26-23-21-19-17-14-12-10-8-5-2/h28-29H,4-27H2,1-3H3/q+1. The first-order chi connectivity index (χ1) is 15.8. The molecule has 1 aromatic heterocycles. The summed E-state index contributed by atoms with van der Waals surface area (Å²) in [5, 5.41) is 0. The molecule has 0 atom stereocenters. The van der Waals surface area contributed by atoms with Gasteiger partial charge >= 0.3 is 0 Å². The average Bonchev–Trinajstić information content (AvgIpc) is 3.18. The SMILES string of the molecule is CCCCCCCCCCCCCn1cc[n+](CCCCCCCCCCC)c1CCC. The van der Waals surface area contributed by atoms with Gasteiger partial charge in [-0.2, -0.15) is 0 Å². The molecule has 0 spiro atoms. The Morgan fingerprint density at radius 1 is 0.531 bits per heavy atom. The number of unbranched alkanes of at least 4 members (excludes halogenated alkanes) is 18. The smallest absolute Gasteiger partial charge is 0.234 e. The number of hydrogen-bond donors (Lipinski definition) is 0. The van der Waals surface area contributed by atoms with Gasteiger partial charge < -0.3 is 0 Å². The maximum Gasteiger partial charge on any atom is 0.256 e. The van der Waals surface area contributed by atoms with Crippen LogP contribution in [0, 0.1) is 0 Å². The van der Waals surface area contributed by atoms with Crippen molar-refractivity contribution in [1.29, 1.82) is 0 Å². The minimum Gasteiger partial charge on any atom is -0.234 e. The zero-order valence-electron chi connectivity index (χ0n) is 22.5. The molecule has 0 saturated heterocycles. The van der Waals surface area contributed by atoms with E-state index < -0.39 is 0 Å². The first-order valence-corrected chi connectivity index (χ1v) is 14.9. The molecule has 32 heavy (non-hydrogen) atoms. The minimum absolute atomic E-state index is 1.22. The third kappa shape index (κ3) is 15.1. The highest BCUT2D eigenvalue weighted by Crippen LogP contribution is 2.13. The van der Waals surface area contributed by atoms with E-state index in [1.54, 1.807) is 5.82 Å². The molecule has 0 aliphatic rings. The molecule has 0 bridgehead atoms. The van der Waals surface area contributed by atoms with Crippen molar-refractivity contribution in [3.05, 3.63) is 18.2 Å². The number of rotatable bonds is 24. The summed E-state index contributed by atoms with van der Waals surface area (Å²) in [5.74, 6) is 1.57. The molecule has 0 aliphatic carbocycles. The Bertz CT molecular complexity index is 505. The van der Waals surface area contributed by atoms with Crippen LogP contribution in [0.2, 0.25) is 0 Å². The molecule has 188 valence electrons. The first kappa shape index (κ1) is 29.2. The van der Waals surface area contributed by atoms with Crippen molar-refractivity contribution >= 4 is 0 Å². The molecule has 2 nitrogen and oxygen atoms in total. The molecule has 1 rings (SSSR count). The summed E-state index contributed by atoms with van der Waals surface area (Å²) in [4.78, 5) is 0. The zero-order chi connectivity index (χ0) is 23.1. The van der Waals surface area contributed by atoms with E-state index >= 15 is 0 Å². The average molecular weight is 448 g/mol.